The van der Waals surface area contributed by atoms with E-state index in [1.54, 1.807) is 7.11 Å². The molecule has 2 heteroatoms. The average molecular weight is 241 g/mol. The minimum atomic E-state index is 0.735. The summed E-state index contributed by atoms with van der Waals surface area (Å²) >= 11 is 0. The van der Waals surface area contributed by atoms with Crippen LogP contribution in [0.5, 0.6) is 5.75 Å². The van der Waals surface area contributed by atoms with Crippen LogP contribution in [0.25, 0.3) is 11.1 Å². The third-order valence-corrected chi connectivity index (χ3v) is 3.01. The molecule has 0 aromatic heterocycles. The molecule has 0 heterocycles. The second-order valence-electron chi connectivity index (χ2n) is 4.29. The predicted molar refractivity (Wildman–Crippen MR) is 75.8 cm³/mol. The first-order valence-electron chi connectivity index (χ1n) is 6.27. The van der Waals surface area contributed by atoms with Gasteiger partial charge in [0.2, 0.25) is 0 Å². The summed E-state index contributed by atoms with van der Waals surface area (Å²) in [4.78, 5) is 0. The maximum Gasteiger partial charge on any atom is 0.126 e. The number of rotatable bonds is 5. The van der Waals surface area contributed by atoms with Crippen LogP contribution in [0.3, 0.4) is 0 Å². The second-order valence-corrected chi connectivity index (χ2v) is 4.29. The molecule has 0 amide bonds. The largest absolute Gasteiger partial charge is 0.496 e. The molecular formula is C16H19NO. The molecule has 0 aliphatic rings. The maximum atomic E-state index is 5.55. The summed E-state index contributed by atoms with van der Waals surface area (Å²) in [5.41, 5.74) is 9.20. The highest BCUT2D eigenvalue weighted by atomic mass is 16.5. The van der Waals surface area contributed by atoms with Crippen LogP contribution >= 0.6 is 0 Å². The Labute approximate surface area is 108 Å². The number of benzene rings is 2. The molecule has 0 spiro atoms. The van der Waals surface area contributed by atoms with E-state index in [-0.39, 0.29) is 0 Å². The second kappa shape index (κ2) is 6.22. The lowest BCUT2D eigenvalue weighted by Crippen LogP contribution is -2.00. The van der Waals surface area contributed by atoms with E-state index < -0.39 is 0 Å². The van der Waals surface area contributed by atoms with Crippen molar-refractivity contribution in [3.05, 3.63) is 54.1 Å². The highest BCUT2D eigenvalue weighted by molar-refractivity contribution is 5.70. The van der Waals surface area contributed by atoms with Crippen molar-refractivity contribution in [1.29, 1.82) is 0 Å². The summed E-state index contributed by atoms with van der Waals surface area (Å²) in [6, 6.07) is 16.7. The minimum Gasteiger partial charge on any atom is -0.496 e. The summed E-state index contributed by atoms with van der Waals surface area (Å²) in [5, 5.41) is 0. The topological polar surface area (TPSA) is 35.2 Å². The Morgan fingerprint density at radius 3 is 2.67 bits per heavy atom. The summed E-state index contributed by atoms with van der Waals surface area (Å²) < 4.78 is 5.40. The van der Waals surface area contributed by atoms with Crippen LogP contribution in [0.1, 0.15) is 12.0 Å². The molecule has 18 heavy (non-hydrogen) atoms. The van der Waals surface area contributed by atoms with Crippen molar-refractivity contribution in [2.75, 3.05) is 13.7 Å². The third-order valence-electron chi connectivity index (χ3n) is 3.01. The fraction of sp³-hybridized carbons (Fsp3) is 0.250. The van der Waals surface area contributed by atoms with E-state index in [1.165, 1.54) is 11.1 Å². The zero-order valence-electron chi connectivity index (χ0n) is 10.7. The first kappa shape index (κ1) is 12.7. The summed E-state index contributed by atoms with van der Waals surface area (Å²) in [5.74, 6) is 0.911. The molecule has 2 aromatic carbocycles. The quantitative estimate of drug-likeness (QED) is 0.872. The van der Waals surface area contributed by atoms with Crippen molar-refractivity contribution in [1.82, 2.24) is 0 Å². The Morgan fingerprint density at radius 2 is 1.89 bits per heavy atom. The number of nitrogens with two attached hydrogens (primary N) is 1. The zero-order valence-corrected chi connectivity index (χ0v) is 10.7. The number of para-hydroxylation sites is 1. The first-order valence-corrected chi connectivity index (χ1v) is 6.27. The van der Waals surface area contributed by atoms with E-state index in [0.29, 0.717) is 0 Å². The van der Waals surface area contributed by atoms with Gasteiger partial charge in [0.15, 0.2) is 0 Å². The molecular weight excluding hydrogens is 222 g/mol. The Kier molecular flexibility index (Phi) is 4.37. The van der Waals surface area contributed by atoms with Gasteiger partial charge in [-0.05, 0) is 36.6 Å². The minimum absolute atomic E-state index is 0.735. The lowest BCUT2D eigenvalue weighted by molar-refractivity contribution is 0.416. The molecule has 0 saturated carbocycles. The number of hydrogen-bond acceptors (Lipinski definition) is 2. The molecule has 0 fully saturated rings. The van der Waals surface area contributed by atoms with Crippen LogP contribution in [0.2, 0.25) is 0 Å². The van der Waals surface area contributed by atoms with E-state index >= 15 is 0 Å². The molecule has 2 nitrogen and oxygen atoms in total. The molecule has 0 aliphatic heterocycles. The maximum absolute atomic E-state index is 5.55. The van der Waals surface area contributed by atoms with E-state index in [2.05, 4.69) is 30.3 Å². The number of hydrogen-bond donors (Lipinski definition) is 1. The fourth-order valence-electron chi connectivity index (χ4n) is 2.08. The van der Waals surface area contributed by atoms with Crippen molar-refractivity contribution >= 4 is 0 Å². The van der Waals surface area contributed by atoms with E-state index in [1.807, 2.05) is 18.2 Å². The molecule has 2 N–H and O–H groups in total. The third kappa shape index (κ3) is 2.90. The van der Waals surface area contributed by atoms with Gasteiger partial charge in [0, 0.05) is 5.56 Å². The lowest BCUT2D eigenvalue weighted by atomic mass is 10.0. The Hall–Kier alpha value is -1.80. The van der Waals surface area contributed by atoms with Gasteiger partial charge in [-0.15, -0.1) is 0 Å². The Morgan fingerprint density at radius 1 is 1.06 bits per heavy atom. The van der Waals surface area contributed by atoms with Crippen LogP contribution in [0.4, 0.5) is 0 Å². The zero-order chi connectivity index (χ0) is 12.8. The van der Waals surface area contributed by atoms with E-state index in [0.717, 1.165) is 30.7 Å². The van der Waals surface area contributed by atoms with Crippen molar-refractivity contribution in [3.8, 4) is 16.9 Å². The van der Waals surface area contributed by atoms with Crippen molar-refractivity contribution in [2.24, 2.45) is 5.73 Å². The molecule has 2 rings (SSSR count). The lowest BCUT2D eigenvalue weighted by Gasteiger charge is -2.09. The van der Waals surface area contributed by atoms with Gasteiger partial charge in [0.1, 0.15) is 5.75 Å². The van der Waals surface area contributed by atoms with Gasteiger partial charge >= 0.3 is 0 Å². The monoisotopic (exact) mass is 241 g/mol. The molecule has 0 saturated heterocycles. The van der Waals surface area contributed by atoms with E-state index in [4.69, 9.17) is 10.5 Å². The van der Waals surface area contributed by atoms with Gasteiger partial charge in [0.25, 0.3) is 0 Å². The average Bonchev–Trinajstić information content (AvgIpc) is 2.45. The standard InChI is InChI=1S/C16H19NO/c1-18-16-10-3-2-9-15(16)14-8-4-6-13(12-14)7-5-11-17/h2-4,6,8-10,12H,5,7,11,17H2,1H3. The number of aryl methyl sites for hydroxylation is 1. The van der Waals surface area contributed by atoms with Crippen LogP contribution in [0, 0.1) is 0 Å². The molecule has 0 aliphatic carbocycles. The van der Waals surface area contributed by atoms with Crippen molar-refractivity contribution < 1.29 is 4.74 Å². The first-order chi connectivity index (χ1) is 8.85. The van der Waals surface area contributed by atoms with Crippen molar-refractivity contribution in [3.63, 3.8) is 0 Å². The summed E-state index contributed by atoms with van der Waals surface area (Å²) in [7, 11) is 1.71. The van der Waals surface area contributed by atoms with Crippen LogP contribution < -0.4 is 10.5 Å². The SMILES string of the molecule is COc1ccccc1-c1cccc(CCCN)c1. The summed E-state index contributed by atoms with van der Waals surface area (Å²) in [6.07, 6.45) is 2.05. The predicted octanol–water partition coefficient (Wildman–Crippen LogP) is 3.25. The highest BCUT2D eigenvalue weighted by Gasteiger charge is 2.05. The van der Waals surface area contributed by atoms with Crippen LogP contribution in [-0.2, 0) is 6.42 Å². The van der Waals surface area contributed by atoms with Gasteiger partial charge in [0.05, 0.1) is 7.11 Å². The molecule has 0 bridgehead atoms. The fourth-order valence-corrected chi connectivity index (χ4v) is 2.08. The summed E-state index contributed by atoms with van der Waals surface area (Å²) in [6.45, 7) is 0.735. The van der Waals surface area contributed by atoms with Gasteiger partial charge in [-0.2, -0.15) is 0 Å². The number of ether oxygens (including phenoxy) is 1. The molecule has 2 aromatic rings. The Balaban J connectivity index is 2.32. The Bertz CT molecular complexity index is 508. The van der Waals surface area contributed by atoms with E-state index in [9.17, 15) is 0 Å². The van der Waals surface area contributed by atoms with Gasteiger partial charge < -0.3 is 10.5 Å². The van der Waals surface area contributed by atoms with Gasteiger partial charge in [-0.1, -0.05) is 42.5 Å². The molecule has 0 radical (unpaired) electrons. The molecule has 94 valence electrons. The normalized spacial score (nSPS) is 10.3. The van der Waals surface area contributed by atoms with Gasteiger partial charge in [-0.3, -0.25) is 0 Å². The van der Waals surface area contributed by atoms with Crippen molar-refractivity contribution in [2.45, 2.75) is 12.8 Å². The molecule has 0 unspecified atom stereocenters. The highest BCUT2D eigenvalue weighted by Crippen LogP contribution is 2.30. The number of methoxy groups -OCH3 is 1. The molecule has 0 atom stereocenters. The van der Waals surface area contributed by atoms with Crippen LogP contribution in [0.15, 0.2) is 48.5 Å². The van der Waals surface area contributed by atoms with Crippen LogP contribution in [-0.4, -0.2) is 13.7 Å². The smallest absolute Gasteiger partial charge is 0.126 e. The van der Waals surface area contributed by atoms with Gasteiger partial charge in [-0.25, -0.2) is 0 Å².